The van der Waals surface area contributed by atoms with E-state index in [9.17, 15) is 0 Å². The predicted octanol–water partition coefficient (Wildman–Crippen LogP) is 11.8. The van der Waals surface area contributed by atoms with E-state index in [0.717, 1.165) is 0 Å². The number of fused-ring (bicyclic) bond motifs is 7. The Bertz CT molecular complexity index is 2630. The molecule has 7 aromatic carbocycles. The third kappa shape index (κ3) is 2.94. The van der Waals surface area contributed by atoms with Crippen molar-refractivity contribution in [2.24, 2.45) is 0 Å². The Kier molecular flexibility index (Phi) is 4.27. The Balaban J connectivity index is 1.21. The fraction of sp³-hybridized carbons (Fsp3) is 0. The van der Waals surface area contributed by atoms with Crippen molar-refractivity contribution in [1.82, 2.24) is 4.57 Å². The summed E-state index contributed by atoms with van der Waals surface area (Å²) in [5.74, 6) is 0. The Morgan fingerprint density at radius 1 is 0.415 bits per heavy atom. The summed E-state index contributed by atoms with van der Waals surface area (Å²) < 4.78 is 7.90. The van der Waals surface area contributed by atoms with Gasteiger partial charge in [-0.25, -0.2) is 0 Å². The zero-order chi connectivity index (χ0) is 26.7. The Morgan fingerprint density at radius 2 is 1.17 bits per heavy atom. The molecule has 41 heavy (non-hydrogen) atoms. The van der Waals surface area contributed by atoms with Crippen molar-refractivity contribution in [3.63, 3.8) is 0 Å². The fourth-order valence-corrected chi connectivity index (χ4v) is 9.22. The van der Waals surface area contributed by atoms with Gasteiger partial charge < -0.3 is 4.57 Å². The first-order chi connectivity index (χ1) is 20.3. The van der Waals surface area contributed by atoms with E-state index in [1.54, 1.807) is 0 Å². The maximum Gasteiger partial charge on any atom is 0.0620 e. The number of thiophene rings is 2. The first kappa shape index (κ1) is 22.0. The van der Waals surface area contributed by atoms with Crippen LogP contribution in [0.1, 0.15) is 0 Å². The predicted molar refractivity (Wildman–Crippen MR) is 181 cm³/mol. The molecule has 190 valence electrons. The normalized spacial score (nSPS) is 12.4. The molecule has 10 rings (SSSR count). The lowest BCUT2D eigenvalue weighted by atomic mass is 9.99. The van der Waals surface area contributed by atoms with Crippen molar-refractivity contribution >= 4 is 95.6 Å². The second-order valence-electron chi connectivity index (χ2n) is 10.9. The molecule has 3 heteroatoms. The van der Waals surface area contributed by atoms with Crippen LogP contribution in [0.25, 0.3) is 89.7 Å². The van der Waals surface area contributed by atoms with Crippen LogP contribution in [0, 0.1) is 0 Å². The number of nitrogens with zero attached hydrogens (tertiary/aromatic N) is 1. The summed E-state index contributed by atoms with van der Waals surface area (Å²) in [6.07, 6.45) is 0. The second-order valence-corrected chi connectivity index (χ2v) is 13.1. The first-order valence-corrected chi connectivity index (χ1v) is 15.6. The number of rotatable bonds is 2. The van der Waals surface area contributed by atoms with E-state index in [1.807, 2.05) is 22.7 Å². The molecule has 3 heterocycles. The summed E-state index contributed by atoms with van der Waals surface area (Å²) >= 11 is 3.78. The number of aromatic nitrogens is 1. The minimum Gasteiger partial charge on any atom is -0.309 e. The maximum atomic E-state index is 2.47. The second kappa shape index (κ2) is 7.94. The van der Waals surface area contributed by atoms with E-state index in [4.69, 9.17) is 0 Å². The molecular formula is C38H21NS2. The first-order valence-electron chi connectivity index (χ1n) is 13.9. The van der Waals surface area contributed by atoms with Crippen molar-refractivity contribution < 1.29 is 0 Å². The van der Waals surface area contributed by atoms with Crippen LogP contribution in [0.4, 0.5) is 0 Å². The molecule has 0 saturated heterocycles. The van der Waals surface area contributed by atoms with Crippen molar-refractivity contribution in [3.05, 3.63) is 127 Å². The van der Waals surface area contributed by atoms with Gasteiger partial charge in [0, 0.05) is 62.2 Å². The highest BCUT2D eigenvalue weighted by molar-refractivity contribution is 7.26. The van der Waals surface area contributed by atoms with E-state index in [-0.39, 0.29) is 0 Å². The van der Waals surface area contributed by atoms with Gasteiger partial charge in [0.05, 0.1) is 11.0 Å². The van der Waals surface area contributed by atoms with Gasteiger partial charge in [0.15, 0.2) is 0 Å². The quantitative estimate of drug-likeness (QED) is 0.187. The van der Waals surface area contributed by atoms with Crippen molar-refractivity contribution in [2.75, 3.05) is 0 Å². The number of hydrogen-bond donors (Lipinski definition) is 0. The third-order valence-corrected chi connectivity index (χ3v) is 11.0. The molecule has 1 nitrogen and oxygen atoms in total. The zero-order valence-corrected chi connectivity index (χ0v) is 23.5. The van der Waals surface area contributed by atoms with Gasteiger partial charge in [0.1, 0.15) is 0 Å². The van der Waals surface area contributed by atoms with Crippen LogP contribution in [0.2, 0.25) is 0 Å². The molecule has 10 aromatic rings. The summed E-state index contributed by atoms with van der Waals surface area (Å²) in [5, 5.41) is 10.8. The van der Waals surface area contributed by atoms with Crippen LogP contribution < -0.4 is 0 Å². The molecule has 3 aromatic heterocycles. The minimum atomic E-state index is 1.19. The Morgan fingerprint density at radius 3 is 2.10 bits per heavy atom. The summed E-state index contributed by atoms with van der Waals surface area (Å²) in [5.41, 5.74) is 6.23. The lowest BCUT2D eigenvalue weighted by Crippen LogP contribution is -1.94. The summed E-state index contributed by atoms with van der Waals surface area (Å²) in [6, 6.07) is 47.3. The standard InChI is InChI=1S/C38H21NS2/c1-3-9-31-26(7-1)30-21-35-37-28(18-14-23-6-5-11-34(41-35)36(23)37)38(30)39(31)25-16-12-22(13-17-25)24-15-19-33-29(20-24)27-8-2-4-10-32(27)40-33/h1-21H. The molecule has 0 fully saturated rings. The average Bonchev–Trinajstić information content (AvgIpc) is 3.70. The topological polar surface area (TPSA) is 4.93 Å². The zero-order valence-electron chi connectivity index (χ0n) is 21.9. The molecule has 0 saturated carbocycles. The molecular weight excluding hydrogens is 535 g/mol. The smallest absolute Gasteiger partial charge is 0.0620 e. The molecule has 0 aliphatic rings. The SMILES string of the molecule is c1ccc2c(c1)sc1ccc(-c3ccc(-n4c5ccccc5c5cc6sc7cccc8ccc(c6c87)c54)cc3)cc12. The fourth-order valence-electron chi connectivity index (χ4n) is 6.94. The molecule has 0 aliphatic carbocycles. The van der Waals surface area contributed by atoms with E-state index >= 15 is 0 Å². The van der Waals surface area contributed by atoms with Gasteiger partial charge in [-0.2, -0.15) is 0 Å². The van der Waals surface area contributed by atoms with Crippen molar-refractivity contribution in [1.29, 1.82) is 0 Å². The molecule has 0 unspecified atom stereocenters. The number of hydrogen-bond acceptors (Lipinski definition) is 2. The Labute approximate surface area is 243 Å². The van der Waals surface area contributed by atoms with Crippen LogP contribution in [-0.4, -0.2) is 4.57 Å². The molecule has 0 aliphatic heterocycles. The highest BCUT2D eigenvalue weighted by atomic mass is 32.1. The minimum absolute atomic E-state index is 1.19. The Hall–Kier alpha value is -4.70. The van der Waals surface area contributed by atoms with Gasteiger partial charge in [-0.15, -0.1) is 22.7 Å². The molecule has 0 atom stereocenters. The average molecular weight is 556 g/mol. The summed E-state index contributed by atoms with van der Waals surface area (Å²) in [7, 11) is 0. The van der Waals surface area contributed by atoms with Crippen LogP contribution >= 0.6 is 22.7 Å². The monoisotopic (exact) mass is 555 g/mol. The summed E-state index contributed by atoms with van der Waals surface area (Å²) in [6.45, 7) is 0. The van der Waals surface area contributed by atoms with Gasteiger partial charge in [0.2, 0.25) is 0 Å². The van der Waals surface area contributed by atoms with Gasteiger partial charge in [0.25, 0.3) is 0 Å². The lowest BCUT2D eigenvalue weighted by Gasteiger charge is -2.12. The highest BCUT2D eigenvalue weighted by Crippen LogP contribution is 2.46. The third-order valence-electron chi connectivity index (χ3n) is 8.75. The van der Waals surface area contributed by atoms with Gasteiger partial charge >= 0.3 is 0 Å². The van der Waals surface area contributed by atoms with Crippen LogP contribution in [0.15, 0.2) is 127 Å². The van der Waals surface area contributed by atoms with Gasteiger partial charge in [-0.1, -0.05) is 78.9 Å². The van der Waals surface area contributed by atoms with Crippen molar-refractivity contribution in [2.45, 2.75) is 0 Å². The number of para-hydroxylation sites is 1. The van der Waals surface area contributed by atoms with Crippen LogP contribution in [-0.2, 0) is 0 Å². The van der Waals surface area contributed by atoms with E-state index in [0.29, 0.717) is 0 Å². The van der Waals surface area contributed by atoms with E-state index in [1.165, 1.54) is 89.7 Å². The van der Waals surface area contributed by atoms with E-state index < -0.39 is 0 Å². The summed E-state index contributed by atoms with van der Waals surface area (Å²) in [4.78, 5) is 0. The largest absolute Gasteiger partial charge is 0.309 e. The van der Waals surface area contributed by atoms with Crippen LogP contribution in [0.3, 0.4) is 0 Å². The molecule has 0 spiro atoms. The van der Waals surface area contributed by atoms with Gasteiger partial charge in [-0.3, -0.25) is 0 Å². The van der Waals surface area contributed by atoms with Crippen LogP contribution in [0.5, 0.6) is 0 Å². The molecule has 0 radical (unpaired) electrons. The lowest BCUT2D eigenvalue weighted by molar-refractivity contribution is 1.19. The maximum absolute atomic E-state index is 2.47. The molecule has 0 bridgehead atoms. The van der Waals surface area contributed by atoms with Crippen molar-refractivity contribution in [3.8, 4) is 16.8 Å². The van der Waals surface area contributed by atoms with E-state index in [2.05, 4.69) is 132 Å². The highest BCUT2D eigenvalue weighted by Gasteiger charge is 2.20. The number of benzene rings is 7. The molecule has 0 N–H and O–H groups in total. The molecule has 0 amide bonds. The van der Waals surface area contributed by atoms with Gasteiger partial charge in [-0.05, 0) is 65.0 Å².